The average Bonchev–Trinajstić information content (AvgIpc) is 2.78. The quantitative estimate of drug-likeness (QED) is 0.414. The minimum atomic E-state index is -4.24. The molecule has 1 fully saturated rings. The number of piperidine rings is 1. The molecule has 1 saturated heterocycles. The number of likely N-dealkylation sites (tertiary alicyclic amines) is 1. The highest BCUT2D eigenvalue weighted by Gasteiger charge is 2.38. The number of sulfone groups is 1. The Kier molecular flexibility index (Phi) is 8.27. The number of hydrogen-bond acceptors (Lipinski definition) is 6. The van der Waals surface area contributed by atoms with Gasteiger partial charge in [0.25, 0.3) is 0 Å². The standard InChI is InChI=1S/C23H26Cl2FN3O6S/c1-23(2,3)35-22(32)29-11-5-6-13(12-29)36(33,34)20-14(24)9-10-17(19(20)30)28-21(31)27-16-8-4-7-15(26)18(16)25/h4,7-10,13,30H,5-6,11-12H2,1-3H3,(H2,27,28,31)/t13-/m0/s1. The van der Waals surface area contributed by atoms with Crippen molar-refractivity contribution in [3.05, 3.63) is 46.2 Å². The lowest BCUT2D eigenvalue weighted by Gasteiger charge is -2.34. The van der Waals surface area contributed by atoms with Gasteiger partial charge in [-0.2, -0.15) is 0 Å². The number of phenolic OH excluding ortho intramolecular Hbond substituents is 1. The highest BCUT2D eigenvalue weighted by molar-refractivity contribution is 7.92. The third-order valence-electron chi connectivity index (χ3n) is 5.28. The van der Waals surface area contributed by atoms with Gasteiger partial charge in [0, 0.05) is 13.1 Å². The van der Waals surface area contributed by atoms with Gasteiger partial charge in [0.2, 0.25) is 0 Å². The van der Waals surface area contributed by atoms with Gasteiger partial charge in [-0.05, 0) is 57.9 Å². The average molecular weight is 562 g/mol. The van der Waals surface area contributed by atoms with E-state index in [-0.39, 0.29) is 34.4 Å². The fourth-order valence-electron chi connectivity index (χ4n) is 3.64. The molecule has 0 saturated carbocycles. The smallest absolute Gasteiger partial charge is 0.410 e. The van der Waals surface area contributed by atoms with Gasteiger partial charge in [-0.15, -0.1) is 0 Å². The molecule has 1 aliphatic rings. The van der Waals surface area contributed by atoms with Gasteiger partial charge in [0.15, 0.2) is 15.6 Å². The topological polar surface area (TPSA) is 125 Å². The molecule has 3 amide bonds. The largest absolute Gasteiger partial charge is 0.504 e. The molecule has 0 aromatic heterocycles. The fourth-order valence-corrected chi connectivity index (χ4v) is 6.20. The number of halogens is 3. The van der Waals surface area contributed by atoms with E-state index >= 15 is 0 Å². The van der Waals surface area contributed by atoms with Gasteiger partial charge in [-0.25, -0.2) is 22.4 Å². The Morgan fingerprint density at radius 1 is 1.14 bits per heavy atom. The van der Waals surface area contributed by atoms with Crippen LogP contribution in [-0.4, -0.2) is 54.5 Å². The molecule has 2 aromatic carbocycles. The summed E-state index contributed by atoms with van der Waals surface area (Å²) in [5, 5.41) is 13.8. The van der Waals surface area contributed by atoms with Gasteiger partial charge < -0.3 is 25.4 Å². The molecular weight excluding hydrogens is 536 g/mol. The lowest BCUT2D eigenvalue weighted by Crippen LogP contribution is -2.47. The van der Waals surface area contributed by atoms with E-state index in [9.17, 15) is 27.5 Å². The van der Waals surface area contributed by atoms with Crippen molar-refractivity contribution in [1.29, 1.82) is 0 Å². The van der Waals surface area contributed by atoms with E-state index in [0.29, 0.717) is 13.0 Å². The summed E-state index contributed by atoms with van der Waals surface area (Å²) in [5.41, 5.74) is -1.02. The Morgan fingerprint density at radius 2 is 1.81 bits per heavy atom. The summed E-state index contributed by atoms with van der Waals surface area (Å²) in [4.78, 5) is 25.6. The normalized spacial score (nSPS) is 16.4. The summed E-state index contributed by atoms with van der Waals surface area (Å²) >= 11 is 12.0. The van der Waals surface area contributed by atoms with Crippen LogP contribution in [0.1, 0.15) is 33.6 Å². The van der Waals surface area contributed by atoms with Gasteiger partial charge in [-0.1, -0.05) is 29.3 Å². The SMILES string of the molecule is CC(C)(C)OC(=O)N1CCC[C@H](S(=O)(=O)c2c(Cl)ccc(NC(=O)Nc3cccc(F)c3Cl)c2O)C1. The molecule has 0 spiro atoms. The third-order valence-corrected chi connectivity index (χ3v) is 8.34. The lowest BCUT2D eigenvalue weighted by molar-refractivity contribution is 0.0219. The summed E-state index contributed by atoms with van der Waals surface area (Å²) in [7, 11) is -4.24. The van der Waals surface area contributed by atoms with E-state index in [0.717, 1.165) is 6.07 Å². The molecule has 13 heteroatoms. The number of hydrogen-bond donors (Lipinski definition) is 3. The maximum atomic E-state index is 13.6. The molecule has 1 aliphatic heterocycles. The number of urea groups is 1. The molecule has 196 valence electrons. The molecule has 1 heterocycles. The van der Waals surface area contributed by atoms with Crippen molar-refractivity contribution in [3.63, 3.8) is 0 Å². The summed E-state index contributed by atoms with van der Waals surface area (Å²) in [6.07, 6.45) is -0.00929. The summed E-state index contributed by atoms with van der Waals surface area (Å²) in [6, 6.07) is 5.35. The molecule has 0 bridgehead atoms. The van der Waals surface area contributed by atoms with Crippen LogP contribution in [0.2, 0.25) is 10.0 Å². The van der Waals surface area contributed by atoms with Crippen molar-refractivity contribution in [2.45, 2.75) is 49.4 Å². The number of carbonyl (C=O) groups excluding carboxylic acids is 2. The number of benzene rings is 2. The minimum absolute atomic E-state index is 0.0279. The predicted octanol–water partition coefficient (Wildman–Crippen LogP) is 5.66. The van der Waals surface area contributed by atoms with Crippen molar-refractivity contribution < 1.29 is 32.2 Å². The number of nitrogens with zero attached hydrogens (tertiary/aromatic N) is 1. The molecule has 0 unspecified atom stereocenters. The maximum Gasteiger partial charge on any atom is 0.410 e. The van der Waals surface area contributed by atoms with Gasteiger partial charge in [0.1, 0.15) is 16.3 Å². The van der Waals surface area contributed by atoms with Gasteiger partial charge in [0.05, 0.1) is 26.7 Å². The number of anilines is 2. The van der Waals surface area contributed by atoms with Crippen LogP contribution in [0.25, 0.3) is 0 Å². The number of nitrogens with one attached hydrogen (secondary N) is 2. The zero-order valence-electron chi connectivity index (χ0n) is 19.8. The number of ether oxygens (including phenoxy) is 1. The van der Waals surface area contributed by atoms with E-state index in [1.54, 1.807) is 20.8 Å². The van der Waals surface area contributed by atoms with Crippen molar-refractivity contribution in [2.24, 2.45) is 0 Å². The first-order valence-corrected chi connectivity index (χ1v) is 13.3. The van der Waals surface area contributed by atoms with Crippen LogP contribution in [0, 0.1) is 5.82 Å². The number of rotatable bonds is 4. The van der Waals surface area contributed by atoms with Crippen LogP contribution in [0.15, 0.2) is 35.2 Å². The zero-order chi connectivity index (χ0) is 26.8. The van der Waals surface area contributed by atoms with Crippen LogP contribution < -0.4 is 10.6 Å². The first-order valence-electron chi connectivity index (χ1n) is 11.0. The number of phenols is 1. The van der Waals surface area contributed by atoms with E-state index in [1.807, 2.05) is 0 Å². The maximum absolute atomic E-state index is 13.6. The van der Waals surface area contributed by atoms with Crippen LogP contribution in [0.4, 0.5) is 25.4 Å². The molecule has 1 atom stereocenters. The Hall–Kier alpha value is -2.76. The first-order chi connectivity index (χ1) is 16.7. The van der Waals surface area contributed by atoms with Crippen molar-refractivity contribution in [2.75, 3.05) is 23.7 Å². The number of carbonyl (C=O) groups is 2. The van der Waals surface area contributed by atoms with Crippen LogP contribution in [0.5, 0.6) is 5.75 Å². The molecule has 0 radical (unpaired) electrons. The third kappa shape index (κ3) is 6.32. The Balaban J connectivity index is 1.83. The molecule has 3 N–H and O–H groups in total. The van der Waals surface area contributed by atoms with Crippen LogP contribution >= 0.6 is 23.2 Å². The monoisotopic (exact) mass is 561 g/mol. The molecule has 3 rings (SSSR count). The Bertz CT molecular complexity index is 1280. The Morgan fingerprint density at radius 3 is 2.47 bits per heavy atom. The van der Waals surface area contributed by atoms with Gasteiger partial charge >= 0.3 is 12.1 Å². The zero-order valence-corrected chi connectivity index (χ0v) is 22.1. The van der Waals surface area contributed by atoms with Crippen molar-refractivity contribution >= 4 is 56.5 Å². The van der Waals surface area contributed by atoms with Gasteiger partial charge in [-0.3, -0.25) is 0 Å². The second kappa shape index (κ2) is 10.7. The lowest BCUT2D eigenvalue weighted by atomic mass is 10.1. The predicted molar refractivity (Wildman–Crippen MR) is 135 cm³/mol. The molecule has 36 heavy (non-hydrogen) atoms. The fraction of sp³-hybridized carbons (Fsp3) is 0.391. The van der Waals surface area contributed by atoms with E-state index in [1.165, 1.54) is 29.2 Å². The second-order valence-corrected chi connectivity index (χ2v) is 12.1. The number of aromatic hydroxyl groups is 1. The van der Waals surface area contributed by atoms with Crippen LogP contribution in [0.3, 0.4) is 0 Å². The summed E-state index contributed by atoms with van der Waals surface area (Å²) in [5.74, 6) is -1.51. The molecule has 9 nitrogen and oxygen atoms in total. The van der Waals surface area contributed by atoms with E-state index < -0.39 is 49.3 Å². The second-order valence-electron chi connectivity index (χ2n) is 9.19. The highest BCUT2D eigenvalue weighted by Crippen LogP contribution is 2.40. The van der Waals surface area contributed by atoms with Crippen LogP contribution in [-0.2, 0) is 14.6 Å². The molecule has 0 aliphatic carbocycles. The first kappa shape index (κ1) is 27.8. The Labute approximate surface area is 218 Å². The molecular formula is C23H26Cl2FN3O6S. The summed E-state index contributed by atoms with van der Waals surface area (Å²) in [6.45, 7) is 5.29. The minimum Gasteiger partial charge on any atom is -0.504 e. The molecule has 2 aromatic rings. The van der Waals surface area contributed by atoms with E-state index in [2.05, 4.69) is 10.6 Å². The van der Waals surface area contributed by atoms with Crippen molar-refractivity contribution in [3.8, 4) is 5.75 Å². The summed E-state index contributed by atoms with van der Waals surface area (Å²) < 4.78 is 45.9. The number of amides is 3. The highest BCUT2D eigenvalue weighted by atomic mass is 35.5. The van der Waals surface area contributed by atoms with E-state index in [4.69, 9.17) is 27.9 Å². The van der Waals surface area contributed by atoms with Crippen molar-refractivity contribution in [1.82, 2.24) is 4.90 Å².